The first kappa shape index (κ1) is 18.7. The molecule has 3 rings (SSSR count). The van der Waals surface area contributed by atoms with Crippen LogP contribution in [0.25, 0.3) is 0 Å². The Hall–Kier alpha value is -1.66. The topological polar surface area (TPSA) is 70.2 Å². The van der Waals surface area contributed by atoms with Crippen molar-refractivity contribution in [2.24, 2.45) is 5.92 Å². The second kappa shape index (κ2) is 8.44. The summed E-state index contributed by atoms with van der Waals surface area (Å²) in [5.41, 5.74) is 1.35. The minimum absolute atomic E-state index is 0. The molecule has 1 aromatic carbocycles. The number of amides is 2. The van der Waals surface area contributed by atoms with Crippen LogP contribution < -0.4 is 16.0 Å². The number of benzene rings is 1. The number of anilines is 1. The number of nitrogens with one attached hydrogen (secondary N) is 3. The van der Waals surface area contributed by atoms with E-state index in [1.54, 1.807) is 6.07 Å². The Labute approximate surface area is 147 Å². The molecule has 2 amide bonds. The summed E-state index contributed by atoms with van der Waals surface area (Å²) in [6.45, 7) is 2.61. The molecule has 1 fully saturated rings. The molecule has 1 saturated heterocycles. The van der Waals surface area contributed by atoms with Gasteiger partial charge >= 0.3 is 0 Å². The first-order valence-corrected chi connectivity index (χ1v) is 8.24. The highest BCUT2D eigenvalue weighted by molar-refractivity contribution is 5.98. The van der Waals surface area contributed by atoms with Gasteiger partial charge in [0.05, 0.1) is 5.56 Å². The quantitative estimate of drug-likeness (QED) is 0.775. The maximum atomic E-state index is 14.1. The van der Waals surface area contributed by atoms with Gasteiger partial charge in [-0.15, -0.1) is 12.4 Å². The fraction of sp³-hybridized carbons (Fsp3) is 0.529. The van der Waals surface area contributed by atoms with Crippen LogP contribution in [0.3, 0.4) is 0 Å². The summed E-state index contributed by atoms with van der Waals surface area (Å²) in [4.78, 5) is 23.5. The Balaban J connectivity index is 0.00000208. The van der Waals surface area contributed by atoms with Gasteiger partial charge in [-0.1, -0.05) is 0 Å². The van der Waals surface area contributed by atoms with Crippen molar-refractivity contribution in [2.45, 2.75) is 32.1 Å². The van der Waals surface area contributed by atoms with Crippen LogP contribution in [-0.4, -0.2) is 31.4 Å². The summed E-state index contributed by atoms with van der Waals surface area (Å²) in [5, 5.41) is 8.79. The summed E-state index contributed by atoms with van der Waals surface area (Å²) in [7, 11) is 0. The molecule has 7 heteroatoms. The van der Waals surface area contributed by atoms with Gasteiger partial charge in [0.2, 0.25) is 5.91 Å². The van der Waals surface area contributed by atoms with Gasteiger partial charge in [-0.25, -0.2) is 4.39 Å². The molecule has 1 atom stereocenters. The Morgan fingerprint density at radius 3 is 2.92 bits per heavy atom. The average molecular weight is 356 g/mol. The van der Waals surface area contributed by atoms with Gasteiger partial charge in [0.25, 0.3) is 5.91 Å². The summed E-state index contributed by atoms with van der Waals surface area (Å²) in [6, 6.07) is 2.80. The first-order chi connectivity index (χ1) is 11.1. The van der Waals surface area contributed by atoms with Crippen LogP contribution in [0.1, 0.15) is 41.6 Å². The molecule has 1 unspecified atom stereocenters. The number of carbonyl (C=O) groups is 2. The van der Waals surface area contributed by atoms with Crippen molar-refractivity contribution in [3.63, 3.8) is 0 Å². The molecule has 0 radical (unpaired) electrons. The number of carbonyl (C=O) groups excluding carboxylic acids is 2. The zero-order chi connectivity index (χ0) is 16.2. The van der Waals surface area contributed by atoms with E-state index in [1.807, 2.05) is 0 Å². The van der Waals surface area contributed by atoms with Crippen LogP contribution in [0.2, 0.25) is 0 Å². The molecular formula is C17H23ClFN3O2. The van der Waals surface area contributed by atoms with Gasteiger partial charge in [-0.05, 0) is 62.4 Å². The van der Waals surface area contributed by atoms with Gasteiger partial charge < -0.3 is 16.0 Å². The Kier molecular flexibility index (Phi) is 6.57. The van der Waals surface area contributed by atoms with Crippen LogP contribution in [0.5, 0.6) is 0 Å². The zero-order valence-corrected chi connectivity index (χ0v) is 14.3. The molecule has 132 valence electrons. The summed E-state index contributed by atoms with van der Waals surface area (Å²) in [5.74, 6) is -0.517. The third kappa shape index (κ3) is 4.45. The molecule has 2 aliphatic rings. The fourth-order valence-electron chi connectivity index (χ4n) is 3.23. The number of piperidine rings is 1. The minimum Gasteiger partial charge on any atom is -0.352 e. The van der Waals surface area contributed by atoms with E-state index in [2.05, 4.69) is 16.0 Å². The van der Waals surface area contributed by atoms with Crippen LogP contribution >= 0.6 is 12.4 Å². The standard InChI is InChI=1S/C17H22FN3O2.ClH/c18-14-9-15-12(3-4-16(22)21-15)8-13(14)17(23)20-7-5-11-2-1-6-19-10-11;/h8-9,11,19H,1-7,10H2,(H,20,23)(H,21,22);1H. The van der Waals surface area contributed by atoms with Crippen LogP contribution in [0, 0.1) is 11.7 Å². The molecule has 0 bridgehead atoms. The van der Waals surface area contributed by atoms with Crippen LogP contribution in [0.15, 0.2) is 12.1 Å². The highest BCUT2D eigenvalue weighted by Crippen LogP contribution is 2.26. The van der Waals surface area contributed by atoms with Gasteiger partial charge in [0.1, 0.15) is 5.82 Å². The Bertz CT molecular complexity index is 618. The lowest BCUT2D eigenvalue weighted by molar-refractivity contribution is -0.116. The second-order valence-electron chi connectivity index (χ2n) is 6.29. The predicted octanol–water partition coefficient (Wildman–Crippen LogP) is 2.25. The SMILES string of the molecule is Cl.O=C1CCc2cc(C(=O)NCCC3CCCNC3)c(F)cc2N1. The highest BCUT2D eigenvalue weighted by atomic mass is 35.5. The number of rotatable bonds is 4. The van der Waals surface area contributed by atoms with Gasteiger partial charge in [0.15, 0.2) is 0 Å². The minimum atomic E-state index is -0.595. The largest absolute Gasteiger partial charge is 0.352 e. The van der Waals surface area contributed by atoms with E-state index in [9.17, 15) is 14.0 Å². The Morgan fingerprint density at radius 1 is 1.33 bits per heavy atom. The van der Waals surface area contributed by atoms with Crippen molar-refractivity contribution >= 4 is 29.9 Å². The van der Waals surface area contributed by atoms with Crippen LogP contribution in [0.4, 0.5) is 10.1 Å². The van der Waals surface area contributed by atoms with Crippen molar-refractivity contribution in [3.05, 3.63) is 29.1 Å². The molecule has 2 aliphatic heterocycles. The lowest BCUT2D eigenvalue weighted by Gasteiger charge is -2.22. The van der Waals surface area contributed by atoms with Crippen molar-refractivity contribution in [3.8, 4) is 0 Å². The van der Waals surface area contributed by atoms with Gasteiger partial charge in [0, 0.05) is 18.7 Å². The molecule has 5 nitrogen and oxygen atoms in total. The number of halogens is 2. The van der Waals surface area contributed by atoms with Crippen LogP contribution in [-0.2, 0) is 11.2 Å². The summed E-state index contributed by atoms with van der Waals surface area (Å²) in [6.07, 6.45) is 4.16. The number of fused-ring (bicyclic) bond motifs is 1. The van der Waals surface area contributed by atoms with Crippen molar-refractivity contribution in [1.82, 2.24) is 10.6 Å². The maximum absolute atomic E-state index is 14.1. The molecule has 0 aromatic heterocycles. The molecular weight excluding hydrogens is 333 g/mol. The predicted molar refractivity (Wildman–Crippen MR) is 93.1 cm³/mol. The average Bonchev–Trinajstić information content (AvgIpc) is 2.55. The molecule has 0 saturated carbocycles. The lowest BCUT2D eigenvalue weighted by atomic mass is 9.96. The normalized spacial score (nSPS) is 19.7. The van der Waals surface area contributed by atoms with E-state index in [0.29, 0.717) is 31.0 Å². The highest BCUT2D eigenvalue weighted by Gasteiger charge is 2.21. The maximum Gasteiger partial charge on any atom is 0.254 e. The molecule has 3 N–H and O–H groups in total. The lowest BCUT2D eigenvalue weighted by Crippen LogP contribution is -2.33. The van der Waals surface area contributed by atoms with E-state index in [-0.39, 0.29) is 29.8 Å². The van der Waals surface area contributed by atoms with Crippen molar-refractivity contribution in [2.75, 3.05) is 25.0 Å². The van der Waals surface area contributed by atoms with Crippen molar-refractivity contribution < 1.29 is 14.0 Å². The second-order valence-corrected chi connectivity index (χ2v) is 6.29. The number of aryl methyl sites for hydroxylation is 1. The monoisotopic (exact) mass is 355 g/mol. The van der Waals surface area contributed by atoms with E-state index >= 15 is 0 Å². The third-order valence-electron chi connectivity index (χ3n) is 4.57. The summed E-state index contributed by atoms with van der Waals surface area (Å²) >= 11 is 0. The number of hydrogen-bond donors (Lipinski definition) is 3. The third-order valence-corrected chi connectivity index (χ3v) is 4.57. The van der Waals surface area contributed by atoms with E-state index in [1.165, 1.54) is 18.9 Å². The molecule has 1 aromatic rings. The van der Waals surface area contributed by atoms with Gasteiger partial charge in [-0.2, -0.15) is 0 Å². The summed E-state index contributed by atoms with van der Waals surface area (Å²) < 4.78 is 14.1. The zero-order valence-electron chi connectivity index (χ0n) is 13.5. The first-order valence-electron chi connectivity index (χ1n) is 8.24. The van der Waals surface area contributed by atoms with Gasteiger partial charge in [-0.3, -0.25) is 9.59 Å². The molecule has 0 spiro atoms. The van der Waals surface area contributed by atoms with E-state index < -0.39 is 5.82 Å². The van der Waals surface area contributed by atoms with E-state index in [0.717, 1.165) is 25.1 Å². The Morgan fingerprint density at radius 2 is 2.17 bits per heavy atom. The molecule has 0 aliphatic carbocycles. The number of hydrogen-bond acceptors (Lipinski definition) is 3. The van der Waals surface area contributed by atoms with Crippen molar-refractivity contribution in [1.29, 1.82) is 0 Å². The van der Waals surface area contributed by atoms with E-state index in [4.69, 9.17) is 0 Å². The molecule has 2 heterocycles. The smallest absolute Gasteiger partial charge is 0.254 e. The fourth-order valence-corrected chi connectivity index (χ4v) is 3.23. The molecule has 24 heavy (non-hydrogen) atoms.